The lowest BCUT2D eigenvalue weighted by molar-refractivity contribution is 0.153. The predicted octanol–water partition coefficient (Wildman–Crippen LogP) is 2.00. The average Bonchev–Trinajstić information content (AvgIpc) is 2.42. The Morgan fingerprint density at radius 1 is 1.28 bits per heavy atom. The standard InChI is InChI=1S/C14H22BrN3/c1-11(18-9-7-17-8-10-18)14(16-2)12-5-3-4-6-13(12)15/h3-6,11,14,16-17H,7-10H2,1-2H3. The van der Waals surface area contributed by atoms with E-state index >= 15 is 0 Å². The van der Waals surface area contributed by atoms with E-state index in [-0.39, 0.29) is 0 Å². The minimum Gasteiger partial charge on any atom is -0.314 e. The van der Waals surface area contributed by atoms with Gasteiger partial charge in [0.2, 0.25) is 0 Å². The Morgan fingerprint density at radius 2 is 1.94 bits per heavy atom. The van der Waals surface area contributed by atoms with Crippen molar-refractivity contribution >= 4 is 15.9 Å². The van der Waals surface area contributed by atoms with Crippen molar-refractivity contribution in [2.45, 2.75) is 19.0 Å². The molecular formula is C14H22BrN3. The zero-order chi connectivity index (χ0) is 13.0. The van der Waals surface area contributed by atoms with Crippen molar-refractivity contribution in [2.75, 3.05) is 33.2 Å². The highest BCUT2D eigenvalue weighted by atomic mass is 79.9. The number of hydrogen-bond acceptors (Lipinski definition) is 3. The summed E-state index contributed by atoms with van der Waals surface area (Å²) >= 11 is 3.66. The molecule has 1 saturated heterocycles. The van der Waals surface area contributed by atoms with Gasteiger partial charge in [0.05, 0.1) is 0 Å². The first-order valence-electron chi connectivity index (χ1n) is 6.60. The van der Waals surface area contributed by atoms with Crippen LogP contribution in [0.3, 0.4) is 0 Å². The van der Waals surface area contributed by atoms with Crippen molar-refractivity contribution < 1.29 is 0 Å². The van der Waals surface area contributed by atoms with Crippen LogP contribution < -0.4 is 10.6 Å². The number of nitrogens with zero attached hydrogens (tertiary/aromatic N) is 1. The first kappa shape index (κ1) is 14.0. The van der Waals surface area contributed by atoms with Crippen LogP contribution in [0.2, 0.25) is 0 Å². The van der Waals surface area contributed by atoms with Crippen LogP contribution in [0.5, 0.6) is 0 Å². The third kappa shape index (κ3) is 3.12. The molecular weight excluding hydrogens is 290 g/mol. The molecule has 0 aromatic heterocycles. The summed E-state index contributed by atoms with van der Waals surface area (Å²) in [6.45, 7) is 6.76. The van der Waals surface area contributed by atoms with Gasteiger partial charge in [-0.15, -0.1) is 0 Å². The van der Waals surface area contributed by atoms with E-state index in [2.05, 4.69) is 62.7 Å². The summed E-state index contributed by atoms with van der Waals surface area (Å²) in [5.74, 6) is 0. The third-order valence-corrected chi connectivity index (χ3v) is 4.48. The van der Waals surface area contributed by atoms with Gasteiger partial charge in [-0.3, -0.25) is 4.90 Å². The molecule has 3 nitrogen and oxygen atoms in total. The molecule has 1 heterocycles. The van der Waals surface area contributed by atoms with Gasteiger partial charge < -0.3 is 10.6 Å². The largest absolute Gasteiger partial charge is 0.314 e. The van der Waals surface area contributed by atoms with Gasteiger partial charge in [0.25, 0.3) is 0 Å². The Hall–Kier alpha value is -0.420. The van der Waals surface area contributed by atoms with Crippen LogP contribution in [0.15, 0.2) is 28.7 Å². The zero-order valence-corrected chi connectivity index (χ0v) is 12.7. The zero-order valence-electron chi connectivity index (χ0n) is 11.1. The molecule has 1 aliphatic rings. The highest BCUT2D eigenvalue weighted by Gasteiger charge is 2.25. The molecule has 0 radical (unpaired) electrons. The number of likely N-dealkylation sites (N-methyl/N-ethyl adjacent to an activating group) is 1. The van der Waals surface area contributed by atoms with Crippen molar-refractivity contribution in [2.24, 2.45) is 0 Å². The van der Waals surface area contributed by atoms with Gasteiger partial charge in [0, 0.05) is 42.7 Å². The number of rotatable bonds is 4. The fourth-order valence-corrected chi connectivity index (χ4v) is 3.22. The molecule has 2 unspecified atom stereocenters. The molecule has 4 heteroatoms. The van der Waals surface area contributed by atoms with E-state index in [0.29, 0.717) is 12.1 Å². The molecule has 2 N–H and O–H groups in total. The first-order valence-corrected chi connectivity index (χ1v) is 7.40. The molecule has 0 saturated carbocycles. The van der Waals surface area contributed by atoms with E-state index in [1.54, 1.807) is 0 Å². The maximum Gasteiger partial charge on any atom is 0.0484 e. The van der Waals surface area contributed by atoms with Crippen molar-refractivity contribution in [1.29, 1.82) is 0 Å². The van der Waals surface area contributed by atoms with Gasteiger partial charge in [-0.1, -0.05) is 34.1 Å². The summed E-state index contributed by atoms with van der Waals surface area (Å²) in [5, 5.41) is 6.87. The van der Waals surface area contributed by atoms with Gasteiger partial charge in [0.1, 0.15) is 0 Å². The predicted molar refractivity (Wildman–Crippen MR) is 79.8 cm³/mol. The van der Waals surface area contributed by atoms with E-state index < -0.39 is 0 Å². The number of halogens is 1. The van der Waals surface area contributed by atoms with Gasteiger partial charge in [-0.25, -0.2) is 0 Å². The van der Waals surface area contributed by atoms with Gasteiger partial charge >= 0.3 is 0 Å². The molecule has 1 aromatic rings. The first-order chi connectivity index (χ1) is 8.74. The summed E-state index contributed by atoms with van der Waals surface area (Å²) in [4.78, 5) is 2.55. The van der Waals surface area contributed by atoms with E-state index in [1.165, 1.54) is 10.0 Å². The number of hydrogen-bond donors (Lipinski definition) is 2. The maximum absolute atomic E-state index is 3.66. The molecule has 2 atom stereocenters. The van der Waals surface area contributed by atoms with Gasteiger partial charge in [0.15, 0.2) is 0 Å². The Bertz CT molecular complexity index is 377. The van der Waals surface area contributed by atoms with Crippen LogP contribution in [0, 0.1) is 0 Å². The van der Waals surface area contributed by atoms with Crippen molar-refractivity contribution in [3.63, 3.8) is 0 Å². The molecule has 100 valence electrons. The average molecular weight is 312 g/mol. The summed E-state index contributed by atoms with van der Waals surface area (Å²) in [6, 6.07) is 9.34. The molecule has 1 fully saturated rings. The van der Waals surface area contributed by atoms with Crippen LogP contribution in [0.1, 0.15) is 18.5 Å². The minimum atomic E-state index is 0.360. The van der Waals surface area contributed by atoms with E-state index in [0.717, 1.165) is 26.2 Å². The Morgan fingerprint density at radius 3 is 2.56 bits per heavy atom. The van der Waals surface area contributed by atoms with Gasteiger partial charge in [-0.2, -0.15) is 0 Å². The highest BCUT2D eigenvalue weighted by molar-refractivity contribution is 9.10. The molecule has 1 aliphatic heterocycles. The summed E-state index contributed by atoms with van der Waals surface area (Å²) in [6.07, 6.45) is 0. The molecule has 1 aromatic carbocycles. The fraction of sp³-hybridized carbons (Fsp3) is 0.571. The summed E-state index contributed by atoms with van der Waals surface area (Å²) in [5.41, 5.74) is 1.34. The Kier molecular flexibility index (Phi) is 5.18. The lowest BCUT2D eigenvalue weighted by atomic mass is 9.99. The van der Waals surface area contributed by atoms with E-state index in [9.17, 15) is 0 Å². The second kappa shape index (κ2) is 6.66. The van der Waals surface area contributed by atoms with Crippen molar-refractivity contribution in [1.82, 2.24) is 15.5 Å². The molecule has 0 spiro atoms. The second-order valence-corrected chi connectivity index (χ2v) is 5.67. The monoisotopic (exact) mass is 311 g/mol. The van der Waals surface area contributed by atoms with Crippen molar-refractivity contribution in [3.8, 4) is 0 Å². The Labute approximate surface area is 118 Å². The number of nitrogens with one attached hydrogen (secondary N) is 2. The maximum atomic E-state index is 3.66. The topological polar surface area (TPSA) is 27.3 Å². The summed E-state index contributed by atoms with van der Waals surface area (Å²) in [7, 11) is 2.04. The SMILES string of the molecule is CNC(c1ccccc1Br)C(C)N1CCNCC1. The molecule has 0 bridgehead atoms. The van der Waals surface area contributed by atoms with Crippen molar-refractivity contribution in [3.05, 3.63) is 34.3 Å². The van der Waals surface area contributed by atoms with Gasteiger partial charge in [-0.05, 0) is 25.6 Å². The molecule has 0 aliphatic carbocycles. The second-order valence-electron chi connectivity index (χ2n) is 4.81. The number of benzene rings is 1. The smallest absolute Gasteiger partial charge is 0.0484 e. The highest BCUT2D eigenvalue weighted by Crippen LogP contribution is 2.27. The van der Waals surface area contributed by atoms with Crippen LogP contribution in [0.4, 0.5) is 0 Å². The lowest BCUT2D eigenvalue weighted by Crippen LogP contribution is -2.51. The third-order valence-electron chi connectivity index (χ3n) is 3.76. The molecule has 18 heavy (non-hydrogen) atoms. The van der Waals surface area contributed by atoms with Crippen LogP contribution >= 0.6 is 15.9 Å². The quantitative estimate of drug-likeness (QED) is 0.890. The molecule has 2 rings (SSSR count). The lowest BCUT2D eigenvalue weighted by Gasteiger charge is -2.37. The van der Waals surface area contributed by atoms with Crippen LogP contribution in [-0.2, 0) is 0 Å². The molecule has 0 amide bonds. The van der Waals surface area contributed by atoms with Crippen LogP contribution in [0.25, 0.3) is 0 Å². The normalized spacial score (nSPS) is 20.6. The minimum absolute atomic E-state index is 0.360. The van der Waals surface area contributed by atoms with E-state index in [1.807, 2.05) is 7.05 Å². The van der Waals surface area contributed by atoms with Crippen LogP contribution in [-0.4, -0.2) is 44.2 Å². The Balaban J connectivity index is 2.14. The number of piperazine rings is 1. The fourth-order valence-electron chi connectivity index (χ4n) is 2.68. The summed E-state index contributed by atoms with van der Waals surface area (Å²) < 4.78 is 1.19. The van der Waals surface area contributed by atoms with E-state index in [4.69, 9.17) is 0 Å².